The SMILES string of the molecule is COc1ccc(NC(=O)C2(c3ccccc3Cl)CC2)cc1. The first-order valence-electron chi connectivity index (χ1n) is 6.86. The third-order valence-electron chi connectivity index (χ3n) is 3.92. The van der Waals surface area contributed by atoms with Crippen molar-refractivity contribution < 1.29 is 9.53 Å². The fourth-order valence-electron chi connectivity index (χ4n) is 2.52. The number of carbonyl (C=O) groups is 1. The molecule has 0 radical (unpaired) electrons. The third-order valence-corrected chi connectivity index (χ3v) is 4.25. The van der Waals surface area contributed by atoms with E-state index >= 15 is 0 Å². The number of methoxy groups -OCH3 is 1. The van der Waals surface area contributed by atoms with Crippen molar-refractivity contribution in [1.82, 2.24) is 0 Å². The maximum absolute atomic E-state index is 12.6. The lowest BCUT2D eigenvalue weighted by Gasteiger charge is -2.17. The standard InChI is InChI=1S/C17H16ClNO2/c1-21-13-8-6-12(7-9-13)19-16(20)17(10-11-17)14-4-2-3-5-15(14)18/h2-9H,10-11H2,1H3,(H,19,20). The van der Waals surface area contributed by atoms with Crippen LogP contribution in [0.2, 0.25) is 5.02 Å². The normalized spacial score (nSPS) is 15.3. The van der Waals surface area contributed by atoms with Crippen LogP contribution >= 0.6 is 11.6 Å². The van der Waals surface area contributed by atoms with Crippen molar-refractivity contribution in [2.75, 3.05) is 12.4 Å². The molecule has 108 valence electrons. The van der Waals surface area contributed by atoms with Gasteiger partial charge in [0.2, 0.25) is 5.91 Å². The van der Waals surface area contributed by atoms with Crippen LogP contribution in [0.1, 0.15) is 18.4 Å². The van der Waals surface area contributed by atoms with Gasteiger partial charge in [-0.2, -0.15) is 0 Å². The van der Waals surface area contributed by atoms with Gasteiger partial charge in [0.1, 0.15) is 5.75 Å². The molecular formula is C17H16ClNO2. The second-order valence-electron chi connectivity index (χ2n) is 5.24. The maximum Gasteiger partial charge on any atom is 0.235 e. The second kappa shape index (κ2) is 5.41. The van der Waals surface area contributed by atoms with Crippen molar-refractivity contribution in [1.29, 1.82) is 0 Å². The van der Waals surface area contributed by atoms with E-state index < -0.39 is 5.41 Å². The molecule has 0 atom stereocenters. The van der Waals surface area contributed by atoms with Gasteiger partial charge in [-0.15, -0.1) is 0 Å². The van der Waals surface area contributed by atoms with E-state index in [2.05, 4.69) is 5.32 Å². The summed E-state index contributed by atoms with van der Waals surface area (Å²) in [6.07, 6.45) is 1.66. The molecular weight excluding hydrogens is 286 g/mol. The summed E-state index contributed by atoms with van der Waals surface area (Å²) < 4.78 is 5.11. The average molecular weight is 302 g/mol. The number of ether oxygens (including phenoxy) is 1. The highest BCUT2D eigenvalue weighted by atomic mass is 35.5. The van der Waals surface area contributed by atoms with Crippen LogP contribution in [0.25, 0.3) is 0 Å². The number of halogens is 1. The Labute approximate surface area is 128 Å². The number of hydrogen-bond acceptors (Lipinski definition) is 2. The molecule has 1 amide bonds. The van der Waals surface area contributed by atoms with Gasteiger partial charge >= 0.3 is 0 Å². The van der Waals surface area contributed by atoms with E-state index in [1.165, 1.54) is 0 Å². The molecule has 0 spiro atoms. The molecule has 1 aliphatic carbocycles. The van der Waals surface area contributed by atoms with Crippen LogP contribution in [-0.2, 0) is 10.2 Å². The molecule has 0 aromatic heterocycles. The molecule has 0 heterocycles. The zero-order valence-electron chi connectivity index (χ0n) is 11.7. The van der Waals surface area contributed by atoms with Gasteiger partial charge in [-0.25, -0.2) is 0 Å². The van der Waals surface area contributed by atoms with E-state index in [9.17, 15) is 4.79 Å². The van der Waals surface area contributed by atoms with Crippen molar-refractivity contribution in [3.05, 3.63) is 59.1 Å². The number of amides is 1. The lowest BCUT2D eigenvalue weighted by atomic mass is 9.95. The molecule has 0 saturated heterocycles. The zero-order chi connectivity index (χ0) is 14.9. The minimum atomic E-state index is -0.474. The number of nitrogens with one attached hydrogen (secondary N) is 1. The fraction of sp³-hybridized carbons (Fsp3) is 0.235. The van der Waals surface area contributed by atoms with Crippen LogP contribution < -0.4 is 10.1 Å². The molecule has 1 fully saturated rings. The van der Waals surface area contributed by atoms with Gasteiger partial charge in [-0.05, 0) is 48.7 Å². The predicted molar refractivity (Wildman–Crippen MR) is 84.0 cm³/mol. The number of hydrogen-bond donors (Lipinski definition) is 1. The van der Waals surface area contributed by atoms with E-state index in [0.717, 1.165) is 29.8 Å². The van der Waals surface area contributed by atoms with Crippen molar-refractivity contribution in [2.24, 2.45) is 0 Å². The molecule has 2 aromatic carbocycles. The molecule has 0 unspecified atom stereocenters. The van der Waals surface area contributed by atoms with Crippen molar-refractivity contribution in [3.63, 3.8) is 0 Å². The topological polar surface area (TPSA) is 38.3 Å². The molecule has 0 aliphatic heterocycles. The summed E-state index contributed by atoms with van der Waals surface area (Å²) >= 11 is 6.24. The number of carbonyl (C=O) groups excluding carboxylic acids is 1. The van der Waals surface area contributed by atoms with Crippen LogP contribution in [0, 0.1) is 0 Å². The predicted octanol–water partition coefficient (Wildman–Crippen LogP) is 4.02. The average Bonchev–Trinajstić information content (AvgIpc) is 3.30. The minimum absolute atomic E-state index is 0.000710. The summed E-state index contributed by atoms with van der Waals surface area (Å²) in [7, 11) is 1.62. The quantitative estimate of drug-likeness (QED) is 0.926. The highest BCUT2D eigenvalue weighted by molar-refractivity contribution is 6.32. The van der Waals surface area contributed by atoms with E-state index in [1.54, 1.807) is 7.11 Å². The first kappa shape index (κ1) is 14.0. The molecule has 4 heteroatoms. The molecule has 21 heavy (non-hydrogen) atoms. The van der Waals surface area contributed by atoms with Crippen LogP contribution in [0.3, 0.4) is 0 Å². The van der Waals surface area contributed by atoms with Gasteiger partial charge in [-0.1, -0.05) is 29.8 Å². The van der Waals surface area contributed by atoms with Gasteiger partial charge in [-0.3, -0.25) is 4.79 Å². The summed E-state index contributed by atoms with van der Waals surface area (Å²) in [6, 6.07) is 14.9. The fourth-order valence-corrected chi connectivity index (χ4v) is 2.83. The molecule has 2 aromatic rings. The molecule has 3 rings (SSSR count). The lowest BCUT2D eigenvalue weighted by Crippen LogP contribution is -2.28. The van der Waals surface area contributed by atoms with Crippen molar-refractivity contribution in [2.45, 2.75) is 18.3 Å². The number of benzene rings is 2. The molecule has 1 aliphatic rings. The Bertz CT molecular complexity index is 663. The maximum atomic E-state index is 12.6. The summed E-state index contributed by atoms with van der Waals surface area (Å²) in [5.74, 6) is 0.765. The Kier molecular flexibility index (Phi) is 3.60. The van der Waals surface area contributed by atoms with Crippen LogP contribution in [-0.4, -0.2) is 13.0 Å². The number of rotatable bonds is 4. The molecule has 1 saturated carbocycles. The highest BCUT2D eigenvalue weighted by Gasteiger charge is 2.52. The van der Waals surface area contributed by atoms with Gasteiger partial charge in [0.25, 0.3) is 0 Å². The van der Waals surface area contributed by atoms with Gasteiger partial charge < -0.3 is 10.1 Å². The van der Waals surface area contributed by atoms with Crippen LogP contribution in [0.5, 0.6) is 5.75 Å². The Hall–Kier alpha value is -2.00. The Balaban J connectivity index is 1.80. The summed E-state index contributed by atoms with van der Waals surface area (Å²) in [6.45, 7) is 0. The van der Waals surface area contributed by atoms with Crippen molar-refractivity contribution >= 4 is 23.2 Å². The van der Waals surface area contributed by atoms with E-state index in [0.29, 0.717) is 5.02 Å². The van der Waals surface area contributed by atoms with Crippen LogP contribution in [0.15, 0.2) is 48.5 Å². The number of anilines is 1. The van der Waals surface area contributed by atoms with Crippen molar-refractivity contribution in [3.8, 4) is 5.75 Å². The van der Waals surface area contributed by atoms with Crippen LogP contribution in [0.4, 0.5) is 5.69 Å². The zero-order valence-corrected chi connectivity index (χ0v) is 12.5. The first-order valence-corrected chi connectivity index (χ1v) is 7.24. The second-order valence-corrected chi connectivity index (χ2v) is 5.65. The first-order chi connectivity index (χ1) is 10.2. The van der Waals surface area contributed by atoms with Gasteiger partial charge in [0.05, 0.1) is 12.5 Å². The Morgan fingerprint density at radius 3 is 2.38 bits per heavy atom. The van der Waals surface area contributed by atoms with E-state index in [-0.39, 0.29) is 5.91 Å². The Morgan fingerprint density at radius 2 is 1.81 bits per heavy atom. The van der Waals surface area contributed by atoms with Gasteiger partial charge in [0.15, 0.2) is 0 Å². The molecule has 1 N–H and O–H groups in total. The molecule has 0 bridgehead atoms. The van der Waals surface area contributed by atoms with E-state index in [4.69, 9.17) is 16.3 Å². The summed E-state index contributed by atoms with van der Waals surface area (Å²) in [5.41, 5.74) is 1.20. The smallest absolute Gasteiger partial charge is 0.235 e. The largest absolute Gasteiger partial charge is 0.497 e. The monoisotopic (exact) mass is 301 g/mol. The van der Waals surface area contributed by atoms with E-state index in [1.807, 2.05) is 48.5 Å². The summed E-state index contributed by atoms with van der Waals surface area (Å²) in [5, 5.41) is 3.62. The minimum Gasteiger partial charge on any atom is -0.497 e. The lowest BCUT2D eigenvalue weighted by molar-refractivity contribution is -0.118. The summed E-state index contributed by atoms with van der Waals surface area (Å²) in [4.78, 5) is 12.6. The highest BCUT2D eigenvalue weighted by Crippen LogP contribution is 2.51. The molecule has 3 nitrogen and oxygen atoms in total. The Morgan fingerprint density at radius 1 is 1.14 bits per heavy atom. The van der Waals surface area contributed by atoms with Gasteiger partial charge in [0, 0.05) is 10.7 Å². The third kappa shape index (κ3) is 2.61.